The van der Waals surface area contributed by atoms with Crippen molar-refractivity contribution in [1.82, 2.24) is 4.90 Å². The van der Waals surface area contributed by atoms with Gasteiger partial charge in [0.1, 0.15) is 17.3 Å². The number of anilines is 1. The molecule has 0 aliphatic carbocycles. The zero-order valence-corrected chi connectivity index (χ0v) is 12.2. The number of benzene rings is 1. The molecule has 2 nitrogen and oxygen atoms in total. The molecule has 1 aromatic carbocycles. The number of alkyl halides is 1. The van der Waals surface area contributed by atoms with E-state index in [1.165, 1.54) is 12.1 Å². The van der Waals surface area contributed by atoms with Gasteiger partial charge in [0, 0.05) is 31.0 Å². The fourth-order valence-electron chi connectivity index (χ4n) is 2.44. The summed E-state index contributed by atoms with van der Waals surface area (Å²) in [6.45, 7) is 4.29. The summed E-state index contributed by atoms with van der Waals surface area (Å²) < 4.78 is 28.1. The van der Waals surface area contributed by atoms with Crippen molar-refractivity contribution < 1.29 is 8.78 Å². The second kappa shape index (κ2) is 5.53. The minimum absolute atomic E-state index is 0.111. The summed E-state index contributed by atoms with van der Waals surface area (Å²) >= 11 is 3.21. The second-order valence-corrected chi connectivity index (χ2v) is 5.41. The zero-order chi connectivity index (χ0) is 13.3. The van der Waals surface area contributed by atoms with Gasteiger partial charge in [-0.2, -0.15) is 0 Å². The Morgan fingerprint density at radius 2 is 1.89 bits per heavy atom. The quantitative estimate of drug-likeness (QED) is 0.773. The van der Waals surface area contributed by atoms with Crippen LogP contribution in [-0.4, -0.2) is 37.6 Å². The molecule has 0 spiro atoms. The molecule has 0 aromatic heterocycles. The predicted molar refractivity (Wildman–Crippen MR) is 73.3 cm³/mol. The third-order valence-electron chi connectivity index (χ3n) is 3.35. The van der Waals surface area contributed by atoms with Crippen molar-refractivity contribution in [2.24, 2.45) is 0 Å². The molecule has 1 atom stereocenters. The summed E-state index contributed by atoms with van der Waals surface area (Å²) in [5, 5.41) is 0.458. The molecule has 100 valence electrons. The van der Waals surface area contributed by atoms with E-state index in [9.17, 15) is 8.78 Å². The molecule has 5 heteroatoms. The Labute approximate surface area is 115 Å². The Morgan fingerprint density at radius 3 is 2.39 bits per heavy atom. The van der Waals surface area contributed by atoms with Crippen LogP contribution in [0.1, 0.15) is 12.5 Å². The van der Waals surface area contributed by atoms with Crippen LogP contribution in [0.15, 0.2) is 12.1 Å². The molecular weight excluding hydrogens is 302 g/mol. The lowest BCUT2D eigenvalue weighted by Crippen LogP contribution is -2.51. The third kappa shape index (κ3) is 2.67. The number of likely N-dealkylation sites (N-methyl/N-ethyl adjacent to an activating group) is 1. The lowest BCUT2D eigenvalue weighted by Gasteiger charge is -2.40. The predicted octanol–water partition coefficient (Wildman–Crippen LogP) is 3.00. The highest BCUT2D eigenvalue weighted by Crippen LogP contribution is 2.28. The van der Waals surface area contributed by atoms with Crippen molar-refractivity contribution in [3.63, 3.8) is 0 Å². The molecule has 2 rings (SSSR count). The number of rotatable bonds is 2. The number of nitrogens with zero attached hydrogens (tertiary/aromatic N) is 2. The van der Waals surface area contributed by atoms with Gasteiger partial charge in [-0.1, -0.05) is 15.9 Å². The highest BCUT2D eigenvalue weighted by Gasteiger charge is 2.26. The van der Waals surface area contributed by atoms with E-state index in [-0.39, 0.29) is 11.7 Å². The molecule has 1 saturated heterocycles. The largest absolute Gasteiger partial charge is 0.362 e. The van der Waals surface area contributed by atoms with Crippen LogP contribution in [0.4, 0.5) is 14.5 Å². The van der Waals surface area contributed by atoms with Gasteiger partial charge in [-0.05, 0) is 31.7 Å². The lowest BCUT2D eigenvalue weighted by molar-refractivity contribution is 0.273. The van der Waals surface area contributed by atoms with E-state index >= 15 is 0 Å². The Kier molecular flexibility index (Phi) is 4.22. The van der Waals surface area contributed by atoms with Crippen molar-refractivity contribution in [2.45, 2.75) is 18.3 Å². The van der Waals surface area contributed by atoms with Crippen LogP contribution in [0.3, 0.4) is 0 Å². The summed E-state index contributed by atoms with van der Waals surface area (Å²) in [7, 11) is 2.02. The van der Waals surface area contributed by atoms with Gasteiger partial charge < -0.3 is 9.80 Å². The molecule has 18 heavy (non-hydrogen) atoms. The van der Waals surface area contributed by atoms with Gasteiger partial charge >= 0.3 is 0 Å². The molecule has 0 radical (unpaired) electrons. The Morgan fingerprint density at radius 1 is 1.28 bits per heavy atom. The van der Waals surface area contributed by atoms with Crippen LogP contribution < -0.4 is 4.90 Å². The fraction of sp³-hybridized carbons (Fsp3) is 0.538. The van der Waals surface area contributed by atoms with Crippen LogP contribution in [0, 0.1) is 11.6 Å². The monoisotopic (exact) mass is 318 g/mol. The third-order valence-corrected chi connectivity index (χ3v) is 4.00. The van der Waals surface area contributed by atoms with Crippen LogP contribution in [-0.2, 0) is 5.33 Å². The highest BCUT2D eigenvalue weighted by atomic mass is 79.9. The number of halogens is 3. The molecule has 1 aliphatic heterocycles. The van der Waals surface area contributed by atoms with E-state index in [2.05, 4.69) is 20.8 Å². The number of hydrogen-bond acceptors (Lipinski definition) is 2. The first-order valence-corrected chi connectivity index (χ1v) is 7.14. The smallest absolute Gasteiger partial charge is 0.149 e. The van der Waals surface area contributed by atoms with Crippen molar-refractivity contribution in [2.75, 3.05) is 31.6 Å². The van der Waals surface area contributed by atoms with E-state index < -0.39 is 11.6 Å². The average Bonchev–Trinajstić information content (AvgIpc) is 2.30. The Bertz CT molecular complexity index is 416. The van der Waals surface area contributed by atoms with E-state index in [1.54, 1.807) is 0 Å². The molecule has 0 saturated carbocycles. The van der Waals surface area contributed by atoms with Crippen LogP contribution in [0.2, 0.25) is 0 Å². The zero-order valence-electron chi connectivity index (χ0n) is 10.6. The molecule has 1 aromatic rings. The SMILES string of the molecule is CC1CN(C)CCN1c1c(F)cc(CBr)cc1F. The molecular formula is C13H17BrF2N2. The summed E-state index contributed by atoms with van der Waals surface area (Å²) in [5.74, 6) is -0.943. The van der Waals surface area contributed by atoms with E-state index in [0.29, 0.717) is 17.4 Å². The van der Waals surface area contributed by atoms with Gasteiger partial charge in [0.2, 0.25) is 0 Å². The van der Waals surface area contributed by atoms with Gasteiger partial charge in [-0.15, -0.1) is 0 Å². The molecule has 1 aliphatic rings. The van der Waals surface area contributed by atoms with Crippen molar-refractivity contribution in [1.29, 1.82) is 0 Å². The minimum Gasteiger partial charge on any atom is -0.362 e. The van der Waals surface area contributed by atoms with Crippen molar-refractivity contribution in [3.8, 4) is 0 Å². The molecule has 0 bridgehead atoms. The number of hydrogen-bond donors (Lipinski definition) is 0. The summed E-state index contributed by atoms with van der Waals surface area (Å²) in [5.41, 5.74) is 0.732. The maximum Gasteiger partial charge on any atom is 0.149 e. The van der Waals surface area contributed by atoms with Gasteiger partial charge in [-0.25, -0.2) is 8.78 Å². The van der Waals surface area contributed by atoms with Gasteiger partial charge in [-0.3, -0.25) is 0 Å². The van der Waals surface area contributed by atoms with E-state index in [0.717, 1.165) is 13.1 Å². The molecule has 1 unspecified atom stereocenters. The maximum absolute atomic E-state index is 14.0. The first kappa shape index (κ1) is 13.7. The number of piperazine rings is 1. The maximum atomic E-state index is 14.0. The average molecular weight is 319 g/mol. The molecule has 1 heterocycles. The van der Waals surface area contributed by atoms with Crippen molar-refractivity contribution >= 4 is 21.6 Å². The standard InChI is InChI=1S/C13H17BrF2N2/c1-9-8-17(2)3-4-18(9)13-11(15)5-10(7-14)6-12(13)16/h5-6,9H,3-4,7-8H2,1-2H3. The minimum atomic E-state index is -0.471. The Hall–Kier alpha value is -0.680. The molecule has 0 amide bonds. The Balaban J connectivity index is 2.33. The fourth-order valence-corrected chi connectivity index (χ4v) is 2.77. The normalized spacial score (nSPS) is 21.4. The summed E-state index contributed by atoms with van der Waals surface area (Å²) in [6.07, 6.45) is 0. The van der Waals surface area contributed by atoms with Crippen LogP contribution >= 0.6 is 15.9 Å². The van der Waals surface area contributed by atoms with Gasteiger partial charge in [0.15, 0.2) is 0 Å². The highest BCUT2D eigenvalue weighted by molar-refractivity contribution is 9.08. The van der Waals surface area contributed by atoms with E-state index in [4.69, 9.17) is 0 Å². The van der Waals surface area contributed by atoms with E-state index in [1.807, 2.05) is 18.9 Å². The molecule has 0 N–H and O–H groups in total. The van der Waals surface area contributed by atoms with Crippen LogP contribution in [0.25, 0.3) is 0 Å². The van der Waals surface area contributed by atoms with Gasteiger partial charge in [0.25, 0.3) is 0 Å². The summed E-state index contributed by atoms with van der Waals surface area (Å²) in [4.78, 5) is 3.99. The van der Waals surface area contributed by atoms with Crippen molar-refractivity contribution in [3.05, 3.63) is 29.3 Å². The van der Waals surface area contributed by atoms with Gasteiger partial charge in [0.05, 0.1) is 0 Å². The first-order chi connectivity index (χ1) is 8.52. The lowest BCUT2D eigenvalue weighted by atomic mass is 10.1. The topological polar surface area (TPSA) is 6.48 Å². The first-order valence-electron chi connectivity index (χ1n) is 6.02. The molecule has 1 fully saturated rings. The summed E-state index contributed by atoms with van der Waals surface area (Å²) in [6, 6.07) is 2.92. The van der Waals surface area contributed by atoms with Crippen LogP contribution in [0.5, 0.6) is 0 Å². The second-order valence-electron chi connectivity index (χ2n) is 4.85.